The van der Waals surface area contributed by atoms with Gasteiger partial charge in [-0.3, -0.25) is 19.8 Å². The third-order valence-corrected chi connectivity index (χ3v) is 2.90. The van der Waals surface area contributed by atoms with E-state index < -0.39 is 23.8 Å². The predicted molar refractivity (Wildman–Crippen MR) is 64.5 cm³/mol. The van der Waals surface area contributed by atoms with Crippen molar-refractivity contribution in [3.05, 3.63) is 24.3 Å². The smallest absolute Gasteiger partial charge is 0.277 e. The number of imide groups is 2. The van der Waals surface area contributed by atoms with Gasteiger partial charge in [0.25, 0.3) is 0 Å². The Hall–Kier alpha value is -2.31. The molecule has 1 fully saturated rings. The summed E-state index contributed by atoms with van der Waals surface area (Å²) < 4.78 is 0. The number of nitrogens with zero attached hydrogens (tertiary/aromatic N) is 3. The molecule has 0 aliphatic carbocycles. The summed E-state index contributed by atoms with van der Waals surface area (Å²) in [5.74, 6) is -1.77. The summed E-state index contributed by atoms with van der Waals surface area (Å²) in [6.07, 6.45) is 4.00. The maximum Gasteiger partial charge on any atom is 0.331 e. The quantitative estimate of drug-likeness (QED) is 0.796. The van der Waals surface area contributed by atoms with Crippen LogP contribution in [0.5, 0.6) is 0 Å². The van der Waals surface area contributed by atoms with Gasteiger partial charge in [-0.05, 0) is 12.5 Å². The van der Waals surface area contributed by atoms with Crippen LogP contribution in [0.2, 0.25) is 0 Å². The number of barbiturate groups is 1. The third-order valence-electron chi connectivity index (χ3n) is 2.90. The van der Waals surface area contributed by atoms with Gasteiger partial charge in [0.05, 0.1) is 12.2 Å². The molecule has 0 radical (unpaired) electrons. The van der Waals surface area contributed by atoms with Crippen molar-refractivity contribution in [2.45, 2.75) is 26.3 Å². The minimum Gasteiger partial charge on any atom is -0.277 e. The highest BCUT2D eigenvalue weighted by atomic mass is 16.2. The minimum absolute atomic E-state index is 0.0423. The van der Waals surface area contributed by atoms with Gasteiger partial charge in [-0.15, -0.1) is 0 Å². The molecular formula is C12H14N4O3. The minimum atomic E-state index is -0.787. The Labute approximate surface area is 110 Å². The maximum absolute atomic E-state index is 12.1. The summed E-state index contributed by atoms with van der Waals surface area (Å²) in [5.41, 5.74) is 0.545. The van der Waals surface area contributed by atoms with E-state index in [1.54, 1.807) is 6.07 Å². The topological polar surface area (TPSA) is 92.3 Å². The number of nitrogens with one attached hydrogen (secondary N) is 1. The first-order chi connectivity index (χ1) is 9.13. The van der Waals surface area contributed by atoms with Gasteiger partial charge >= 0.3 is 6.03 Å². The van der Waals surface area contributed by atoms with Crippen molar-refractivity contribution >= 4 is 17.8 Å². The Morgan fingerprint density at radius 3 is 2.79 bits per heavy atom. The average molecular weight is 262 g/mol. The summed E-state index contributed by atoms with van der Waals surface area (Å²) in [7, 11) is 0. The van der Waals surface area contributed by atoms with Crippen molar-refractivity contribution in [2.24, 2.45) is 5.92 Å². The van der Waals surface area contributed by atoms with Gasteiger partial charge in [-0.25, -0.2) is 14.8 Å². The van der Waals surface area contributed by atoms with Crippen molar-refractivity contribution in [1.82, 2.24) is 20.2 Å². The fourth-order valence-electron chi connectivity index (χ4n) is 1.93. The molecular weight excluding hydrogens is 248 g/mol. The highest BCUT2D eigenvalue weighted by Gasteiger charge is 2.39. The molecule has 0 aromatic carbocycles. The second-order valence-corrected chi connectivity index (χ2v) is 4.26. The molecule has 4 amide bonds. The van der Waals surface area contributed by atoms with E-state index in [0.29, 0.717) is 18.5 Å². The zero-order chi connectivity index (χ0) is 13.8. The number of carbonyl (C=O) groups is 3. The van der Waals surface area contributed by atoms with E-state index in [4.69, 9.17) is 0 Å². The standard InChI is InChI=1S/C12H14N4O3/c1-2-3-9-10(17)15-12(19)16(11(9)18)6-8-4-5-13-7-14-8/h4-5,7,9H,2-3,6H2,1H3,(H,15,17,19). The number of hydrogen-bond acceptors (Lipinski definition) is 5. The fraction of sp³-hybridized carbons (Fsp3) is 0.417. The van der Waals surface area contributed by atoms with Crippen LogP contribution in [0.4, 0.5) is 4.79 Å². The highest BCUT2D eigenvalue weighted by Crippen LogP contribution is 2.17. The summed E-state index contributed by atoms with van der Waals surface area (Å²) in [4.78, 5) is 44.2. The molecule has 1 N–H and O–H groups in total. The van der Waals surface area contributed by atoms with Crippen molar-refractivity contribution in [3.8, 4) is 0 Å². The molecule has 0 saturated carbocycles. The molecule has 1 saturated heterocycles. The molecule has 7 heteroatoms. The summed E-state index contributed by atoms with van der Waals surface area (Å²) in [6, 6.07) is 0.923. The molecule has 0 bridgehead atoms. The second-order valence-electron chi connectivity index (χ2n) is 4.26. The number of rotatable bonds is 4. The predicted octanol–water partition coefficient (Wildman–Crippen LogP) is 0.471. The van der Waals surface area contributed by atoms with Gasteiger partial charge in [-0.1, -0.05) is 13.3 Å². The van der Waals surface area contributed by atoms with Crippen LogP contribution >= 0.6 is 0 Å². The molecule has 1 unspecified atom stereocenters. The molecule has 100 valence electrons. The monoisotopic (exact) mass is 262 g/mol. The van der Waals surface area contributed by atoms with Crippen molar-refractivity contribution < 1.29 is 14.4 Å². The third kappa shape index (κ3) is 2.75. The van der Waals surface area contributed by atoms with Gasteiger partial charge < -0.3 is 0 Å². The van der Waals surface area contributed by atoms with E-state index in [9.17, 15) is 14.4 Å². The number of urea groups is 1. The van der Waals surface area contributed by atoms with Crippen LogP contribution in [-0.4, -0.2) is 32.7 Å². The fourth-order valence-corrected chi connectivity index (χ4v) is 1.93. The normalized spacial score (nSPS) is 19.5. The van der Waals surface area contributed by atoms with E-state index in [1.807, 2.05) is 6.92 Å². The van der Waals surface area contributed by atoms with Crippen LogP contribution in [0.25, 0.3) is 0 Å². The second kappa shape index (κ2) is 5.55. The van der Waals surface area contributed by atoms with Crippen LogP contribution in [0.15, 0.2) is 18.6 Å². The van der Waals surface area contributed by atoms with Crippen LogP contribution in [0, 0.1) is 5.92 Å². The Balaban J connectivity index is 2.17. The first-order valence-electron chi connectivity index (χ1n) is 6.04. The SMILES string of the molecule is CCCC1C(=O)NC(=O)N(Cc2ccncn2)C1=O. The molecule has 1 atom stereocenters. The largest absolute Gasteiger partial charge is 0.331 e. The first-order valence-corrected chi connectivity index (χ1v) is 6.04. The Bertz CT molecular complexity index is 503. The molecule has 1 aliphatic heterocycles. The van der Waals surface area contributed by atoms with Gasteiger partial charge in [0.1, 0.15) is 12.2 Å². The van der Waals surface area contributed by atoms with Crippen LogP contribution in [0.1, 0.15) is 25.5 Å². The zero-order valence-electron chi connectivity index (χ0n) is 10.5. The molecule has 19 heavy (non-hydrogen) atoms. The van der Waals surface area contributed by atoms with E-state index >= 15 is 0 Å². The summed E-state index contributed by atoms with van der Waals surface area (Å²) >= 11 is 0. The Kier molecular flexibility index (Phi) is 3.84. The number of amides is 4. The number of hydrogen-bond donors (Lipinski definition) is 1. The molecule has 1 aromatic rings. The van der Waals surface area contributed by atoms with E-state index in [-0.39, 0.29) is 6.54 Å². The molecule has 2 rings (SSSR count). The van der Waals surface area contributed by atoms with E-state index in [1.165, 1.54) is 12.5 Å². The molecule has 0 spiro atoms. The lowest BCUT2D eigenvalue weighted by atomic mass is 9.99. The highest BCUT2D eigenvalue weighted by molar-refractivity contribution is 6.16. The van der Waals surface area contributed by atoms with E-state index in [2.05, 4.69) is 15.3 Å². The molecule has 7 nitrogen and oxygen atoms in total. The van der Waals surface area contributed by atoms with Gasteiger partial charge in [-0.2, -0.15) is 0 Å². The van der Waals surface area contributed by atoms with Gasteiger partial charge in [0.2, 0.25) is 11.8 Å². The summed E-state index contributed by atoms with van der Waals surface area (Å²) in [6.45, 7) is 1.92. The first kappa shape index (κ1) is 13.1. The molecule has 2 heterocycles. The zero-order valence-corrected chi connectivity index (χ0v) is 10.5. The van der Waals surface area contributed by atoms with Gasteiger partial charge in [0, 0.05) is 6.20 Å². The lowest BCUT2D eigenvalue weighted by molar-refractivity contribution is -0.143. The van der Waals surface area contributed by atoms with Crippen LogP contribution in [-0.2, 0) is 16.1 Å². The Morgan fingerprint density at radius 2 is 2.16 bits per heavy atom. The number of carbonyl (C=O) groups excluding carboxylic acids is 3. The maximum atomic E-state index is 12.1. The van der Waals surface area contributed by atoms with Crippen LogP contribution in [0.3, 0.4) is 0 Å². The van der Waals surface area contributed by atoms with Crippen molar-refractivity contribution in [1.29, 1.82) is 0 Å². The van der Waals surface area contributed by atoms with Crippen LogP contribution < -0.4 is 5.32 Å². The molecule has 1 aliphatic rings. The molecule has 1 aromatic heterocycles. The van der Waals surface area contributed by atoms with Crippen molar-refractivity contribution in [3.63, 3.8) is 0 Å². The summed E-state index contributed by atoms with van der Waals surface area (Å²) in [5, 5.41) is 2.20. The Morgan fingerprint density at radius 1 is 1.37 bits per heavy atom. The van der Waals surface area contributed by atoms with E-state index in [0.717, 1.165) is 4.90 Å². The lowest BCUT2D eigenvalue weighted by Crippen LogP contribution is -2.57. The average Bonchev–Trinajstić information content (AvgIpc) is 2.41. The number of aromatic nitrogens is 2. The lowest BCUT2D eigenvalue weighted by Gasteiger charge is -2.29. The van der Waals surface area contributed by atoms with Crippen molar-refractivity contribution in [2.75, 3.05) is 0 Å². The van der Waals surface area contributed by atoms with Gasteiger partial charge in [0.15, 0.2) is 0 Å².